The molecule has 5 nitrogen and oxygen atoms in total. The van der Waals surface area contributed by atoms with Crippen molar-refractivity contribution in [2.24, 2.45) is 5.10 Å². The molecule has 0 saturated heterocycles. The summed E-state index contributed by atoms with van der Waals surface area (Å²) in [5, 5.41) is 8.24. The van der Waals surface area contributed by atoms with Crippen molar-refractivity contribution in [3.05, 3.63) is 64.8 Å². The van der Waals surface area contributed by atoms with Crippen LogP contribution in [-0.4, -0.2) is 23.1 Å². The van der Waals surface area contributed by atoms with Gasteiger partial charge in [-0.2, -0.15) is 5.10 Å². The molecule has 0 saturated carbocycles. The second-order valence-corrected chi connectivity index (χ2v) is 6.31. The van der Waals surface area contributed by atoms with E-state index in [1.165, 1.54) is 0 Å². The number of carbonyl (C=O) groups excluding carboxylic acids is 1. The summed E-state index contributed by atoms with van der Waals surface area (Å²) in [6.07, 6.45) is 3.51. The molecular formula is C18H17BrN4O. The van der Waals surface area contributed by atoms with Gasteiger partial charge in [0, 0.05) is 32.8 Å². The lowest BCUT2D eigenvalue weighted by Gasteiger charge is -2.13. The minimum absolute atomic E-state index is 0.200. The number of rotatable bonds is 5. The van der Waals surface area contributed by atoms with Crippen LogP contribution in [0.2, 0.25) is 0 Å². The first kappa shape index (κ1) is 16.3. The van der Waals surface area contributed by atoms with Crippen molar-refractivity contribution in [1.29, 1.82) is 0 Å². The molecule has 0 aliphatic rings. The number of amides is 1. The van der Waals surface area contributed by atoms with Crippen LogP contribution in [0.25, 0.3) is 10.9 Å². The van der Waals surface area contributed by atoms with E-state index in [4.69, 9.17) is 0 Å². The van der Waals surface area contributed by atoms with Gasteiger partial charge < -0.3 is 10.3 Å². The van der Waals surface area contributed by atoms with Crippen molar-refractivity contribution < 1.29 is 4.79 Å². The Balaban J connectivity index is 1.59. The molecule has 0 spiro atoms. The molecule has 6 heteroatoms. The van der Waals surface area contributed by atoms with Crippen molar-refractivity contribution in [3.8, 4) is 0 Å². The Kier molecular flexibility index (Phi) is 4.96. The zero-order chi connectivity index (χ0) is 16.9. The molecule has 1 aromatic heterocycles. The molecule has 3 rings (SSSR count). The maximum atomic E-state index is 12.1. The summed E-state index contributed by atoms with van der Waals surface area (Å²) in [5.74, 6) is -0.200. The number of anilines is 1. The summed E-state index contributed by atoms with van der Waals surface area (Å²) in [7, 11) is 0. The second kappa shape index (κ2) is 7.31. The third-order valence-electron chi connectivity index (χ3n) is 3.62. The maximum Gasteiger partial charge on any atom is 0.262 e. The van der Waals surface area contributed by atoms with Gasteiger partial charge in [0.2, 0.25) is 0 Å². The quantitative estimate of drug-likeness (QED) is 0.461. The SMILES string of the molecule is C[C@@H](Nc1ccc(Br)cc1)C(=O)NN=Cc1c[nH]c2ccccc12. The first-order chi connectivity index (χ1) is 11.6. The predicted octanol–water partition coefficient (Wildman–Crippen LogP) is 3.88. The Labute approximate surface area is 148 Å². The molecule has 3 aromatic rings. The number of nitrogens with one attached hydrogen (secondary N) is 3. The van der Waals surface area contributed by atoms with Gasteiger partial charge in [0.05, 0.1) is 6.21 Å². The zero-order valence-electron chi connectivity index (χ0n) is 13.1. The van der Waals surface area contributed by atoms with Crippen molar-refractivity contribution in [2.75, 3.05) is 5.32 Å². The number of aromatic amines is 1. The van der Waals surface area contributed by atoms with E-state index >= 15 is 0 Å². The van der Waals surface area contributed by atoms with E-state index in [0.717, 1.165) is 26.6 Å². The normalized spacial score (nSPS) is 12.4. The van der Waals surface area contributed by atoms with E-state index in [0.29, 0.717) is 0 Å². The van der Waals surface area contributed by atoms with Crippen molar-refractivity contribution in [1.82, 2.24) is 10.4 Å². The number of para-hydroxylation sites is 1. The highest BCUT2D eigenvalue weighted by Gasteiger charge is 2.11. The predicted molar refractivity (Wildman–Crippen MR) is 101 cm³/mol. The fraction of sp³-hybridized carbons (Fsp3) is 0.111. The fourth-order valence-electron chi connectivity index (χ4n) is 2.32. The molecule has 24 heavy (non-hydrogen) atoms. The Bertz CT molecular complexity index is 870. The van der Waals surface area contributed by atoms with Crippen LogP contribution in [0.1, 0.15) is 12.5 Å². The van der Waals surface area contributed by atoms with Crippen LogP contribution in [0, 0.1) is 0 Å². The minimum atomic E-state index is -0.397. The summed E-state index contributed by atoms with van der Waals surface area (Å²) >= 11 is 3.38. The van der Waals surface area contributed by atoms with Crippen LogP contribution in [0.5, 0.6) is 0 Å². The number of fused-ring (bicyclic) bond motifs is 1. The van der Waals surface area contributed by atoms with Gasteiger partial charge in [-0.3, -0.25) is 4.79 Å². The maximum absolute atomic E-state index is 12.1. The molecule has 0 aliphatic carbocycles. The van der Waals surface area contributed by atoms with Crippen LogP contribution in [0.4, 0.5) is 5.69 Å². The zero-order valence-corrected chi connectivity index (χ0v) is 14.7. The Morgan fingerprint density at radius 1 is 1.21 bits per heavy atom. The molecule has 1 amide bonds. The van der Waals surface area contributed by atoms with Crippen LogP contribution in [0.3, 0.4) is 0 Å². The molecule has 0 fully saturated rings. The van der Waals surface area contributed by atoms with Crippen LogP contribution >= 0.6 is 15.9 Å². The second-order valence-electron chi connectivity index (χ2n) is 5.40. The highest BCUT2D eigenvalue weighted by Crippen LogP contribution is 2.16. The lowest BCUT2D eigenvalue weighted by Crippen LogP contribution is -2.34. The fourth-order valence-corrected chi connectivity index (χ4v) is 2.59. The molecule has 0 bridgehead atoms. The van der Waals surface area contributed by atoms with Crippen LogP contribution in [-0.2, 0) is 4.79 Å². The highest BCUT2D eigenvalue weighted by atomic mass is 79.9. The largest absolute Gasteiger partial charge is 0.374 e. The molecule has 2 aromatic carbocycles. The standard InChI is InChI=1S/C18H17BrN4O/c1-12(22-15-8-6-14(19)7-9-15)18(24)23-21-11-13-10-20-17-5-3-2-4-16(13)17/h2-12,20,22H,1H3,(H,23,24)/t12-/m1/s1. The van der Waals surface area contributed by atoms with Gasteiger partial charge in [0.1, 0.15) is 6.04 Å². The smallest absolute Gasteiger partial charge is 0.262 e. The van der Waals surface area contributed by atoms with Gasteiger partial charge in [-0.25, -0.2) is 5.43 Å². The number of carbonyl (C=O) groups is 1. The lowest BCUT2D eigenvalue weighted by molar-refractivity contribution is -0.121. The Morgan fingerprint density at radius 2 is 1.96 bits per heavy atom. The first-order valence-electron chi connectivity index (χ1n) is 7.54. The third kappa shape index (κ3) is 3.83. The van der Waals surface area contributed by atoms with Gasteiger partial charge in [-0.15, -0.1) is 0 Å². The average molecular weight is 385 g/mol. The van der Waals surface area contributed by atoms with Gasteiger partial charge in [-0.05, 0) is 37.3 Å². The summed E-state index contributed by atoms with van der Waals surface area (Å²) < 4.78 is 0.994. The monoisotopic (exact) mass is 384 g/mol. The highest BCUT2D eigenvalue weighted by molar-refractivity contribution is 9.10. The van der Waals surface area contributed by atoms with E-state index in [1.807, 2.05) is 54.7 Å². The Hall–Kier alpha value is -2.60. The molecular weight excluding hydrogens is 368 g/mol. The van der Waals surface area contributed by atoms with E-state index in [9.17, 15) is 4.79 Å². The molecule has 0 aliphatic heterocycles. The topological polar surface area (TPSA) is 69.3 Å². The Morgan fingerprint density at radius 3 is 2.75 bits per heavy atom. The summed E-state index contributed by atoms with van der Waals surface area (Å²) in [5.41, 5.74) is 5.41. The number of H-pyrrole nitrogens is 1. The van der Waals surface area contributed by atoms with Crippen LogP contribution in [0.15, 0.2) is 64.3 Å². The molecule has 1 heterocycles. The average Bonchev–Trinajstić information content (AvgIpc) is 3.00. The molecule has 0 unspecified atom stereocenters. The van der Waals surface area contributed by atoms with E-state index < -0.39 is 6.04 Å². The number of aromatic nitrogens is 1. The van der Waals surface area contributed by atoms with Gasteiger partial charge in [0.25, 0.3) is 5.91 Å². The van der Waals surface area contributed by atoms with E-state index in [1.54, 1.807) is 13.1 Å². The number of halogens is 1. The van der Waals surface area contributed by atoms with Gasteiger partial charge in [-0.1, -0.05) is 34.1 Å². The lowest BCUT2D eigenvalue weighted by atomic mass is 10.2. The van der Waals surface area contributed by atoms with Crippen molar-refractivity contribution in [2.45, 2.75) is 13.0 Å². The summed E-state index contributed by atoms with van der Waals surface area (Å²) in [6.45, 7) is 1.79. The number of hydrogen-bond acceptors (Lipinski definition) is 3. The van der Waals surface area contributed by atoms with E-state index in [2.05, 4.69) is 36.8 Å². The minimum Gasteiger partial charge on any atom is -0.374 e. The number of benzene rings is 2. The number of hydrogen-bond donors (Lipinski definition) is 3. The van der Waals surface area contributed by atoms with Crippen molar-refractivity contribution in [3.63, 3.8) is 0 Å². The first-order valence-corrected chi connectivity index (χ1v) is 8.34. The number of nitrogens with zero attached hydrogens (tertiary/aromatic N) is 1. The van der Waals surface area contributed by atoms with E-state index in [-0.39, 0.29) is 5.91 Å². The summed E-state index contributed by atoms with van der Waals surface area (Å²) in [4.78, 5) is 15.3. The summed E-state index contributed by atoms with van der Waals surface area (Å²) in [6, 6.07) is 15.2. The van der Waals surface area contributed by atoms with Gasteiger partial charge in [0.15, 0.2) is 0 Å². The van der Waals surface area contributed by atoms with Crippen molar-refractivity contribution >= 4 is 44.6 Å². The number of hydrazone groups is 1. The third-order valence-corrected chi connectivity index (χ3v) is 4.15. The molecule has 122 valence electrons. The van der Waals surface area contributed by atoms with Crippen LogP contribution < -0.4 is 10.7 Å². The molecule has 3 N–H and O–H groups in total. The van der Waals surface area contributed by atoms with Gasteiger partial charge >= 0.3 is 0 Å². The molecule has 0 radical (unpaired) electrons. The molecule has 1 atom stereocenters.